The first-order chi connectivity index (χ1) is 10.9. The van der Waals surface area contributed by atoms with Crippen LogP contribution in [0.25, 0.3) is 6.08 Å². The fourth-order valence-corrected chi connectivity index (χ4v) is 1.81. The number of hydroxylamine groups is 1. The van der Waals surface area contributed by atoms with Crippen LogP contribution < -0.4 is 16.1 Å². The Hall–Kier alpha value is -2.67. The van der Waals surface area contributed by atoms with Gasteiger partial charge < -0.3 is 10.6 Å². The first-order valence-electron chi connectivity index (χ1n) is 7.19. The Balaban J connectivity index is 2.65. The molecule has 4 N–H and O–H groups in total. The van der Waals surface area contributed by atoms with Crippen LogP contribution in [-0.2, 0) is 14.4 Å². The summed E-state index contributed by atoms with van der Waals surface area (Å²) in [6, 6.07) is 7.90. The summed E-state index contributed by atoms with van der Waals surface area (Å²) in [5.74, 6) is -1.80. The second-order valence-electron chi connectivity index (χ2n) is 5.21. The van der Waals surface area contributed by atoms with E-state index in [1.54, 1.807) is 19.9 Å². The van der Waals surface area contributed by atoms with E-state index in [9.17, 15) is 14.4 Å². The minimum absolute atomic E-state index is 0.0889. The predicted molar refractivity (Wildman–Crippen MR) is 85.2 cm³/mol. The molecule has 3 amide bonds. The summed E-state index contributed by atoms with van der Waals surface area (Å²) >= 11 is 0. The molecule has 0 spiro atoms. The number of nitrogens with one attached hydrogen (secondary N) is 3. The maximum Gasteiger partial charge on any atom is 0.266 e. The third-order valence-electron chi connectivity index (χ3n) is 2.81. The van der Waals surface area contributed by atoms with E-state index in [0.717, 1.165) is 5.56 Å². The summed E-state index contributed by atoms with van der Waals surface area (Å²) in [5, 5.41) is 13.7. The summed E-state index contributed by atoms with van der Waals surface area (Å²) in [4.78, 5) is 35.1. The largest absolute Gasteiger partial charge is 0.354 e. The Labute approximate surface area is 134 Å². The van der Waals surface area contributed by atoms with Gasteiger partial charge in [0.25, 0.3) is 5.91 Å². The molecule has 23 heavy (non-hydrogen) atoms. The average Bonchev–Trinajstić information content (AvgIpc) is 2.51. The summed E-state index contributed by atoms with van der Waals surface area (Å²) in [6.45, 7) is 3.56. The SMILES string of the molecule is CC(C)NC(=O)C[C@@H](NC(=O)/C=C/c1ccccc1)C(=O)NO. The zero-order valence-electron chi connectivity index (χ0n) is 13.1. The summed E-state index contributed by atoms with van der Waals surface area (Å²) < 4.78 is 0. The molecule has 0 bridgehead atoms. The van der Waals surface area contributed by atoms with Gasteiger partial charge in [-0.25, -0.2) is 5.48 Å². The van der Waals surface area contributed by atoms with Crippen LogP contribution in [0.4, 0.5) is 0 Å². The zero-order valence-corrected chi connectivity index (χ0v) is 13.1. The van der Waals surface area contributed by atoms with Gasteiger partial charge >= 0.3 is 0 Å². The number of rotatable bonds is 7. The molecule has 0 heterocycles. The lowest BCUT2D eigenvalue weighted by Crippen LogP contribution is -2.48. The molecule has 0 aliphatic heterocycles. The molecular weight excluding hydrogens is 298 g/mol. The van der Waals surface area contributed by atoms with Crippen molar-refractivity contribution in [3.8, 4) is 0 Å². The van der Waals surface area contributed by atoms with E-state index in [1.165, 1.54) is 11.6 Å². The summed E-state index contributed by atoms with van der Waals surface area (Å²) in [6.07, 6.45) is 2.57. The van der Waals surface area contributed by atoms with Crippen molar-refractivity contribution < 1.29 is 19.6 Å². The van der Waals surface area contributed by atoms with E-state index >= 15 is 0 Å². The molecule has 7 nitrogen and oxygen atoms in total. The van der Waals surface area contributed by atoms with Crippen LogP contribution in [0.3, 0.4) is 0 Å². The molecule has 0 saturated heterocycles. The van der Waals surface area contributed by atoms with Crippen LogP contribution in [0, 0.1) is 0 Å². The first kappa shape index (κ1) is 18.4. The third-order valence-corrected chi connectivity index (χ3v) is 2.81. The van der Waals surface area contributed by atoms with Gasteiger partial charge in [0.2, 0.25) is 11.8 Å². The molecule has 124 valence electrons. The molecular formula is C16H21N3O4. The smallest absolute Gasteiger partial charge is 0.266 e. The van der Waals surface area contributed by atoms with Gasteiger partial charge in [0.15, 0.2) is 0 Å². The molecule has 1 aromatic rings. The van der Waals surface area contributed by atoms with Crippen LogP contribution in [0.5, 0.6) is 0 Å². The number of hydrogen-bond donors (Lipinski definition) is 4. The van der Waals surface area contributed by atoms with Crippen LogP contribution in [-0.4, -0.2) is 35.0 Å². The first-order valence-corrected chi connectivity index (χ1v) is 7.19. The van der Waals surface area contributed by atoms with E-state index in [1.807, 2.05) is 30.3 Å². The molecule has 0 saturated carbocycles. The van der Waals surface area contributed by atoms with E-state index in [-0.39, 0.29) is 12.5 Å². The van der Waals surface area contributed by atoms with Gasteiger partial charge in [0.1, 0.15) is 6.04 Å². The average molecular weight is 319 g/mol. The van der Waals surface area contributed by atoms with Gasteiger partial charge in [-0.05, 0) is 25.5 Å². The van der Waals surface area contributed by atoms with Gasteiger partial charge in [0, 0.05) is 12.1 Å². The van der Waals surface area contributed by atoms with Gasteiger partial charge in [-0.15, -0.1) is 0 Å². The number of hydrogen-bond acceptors (Lipinski definition) is 4. The van der Waals surface area contributed by atoms with Gasteiger partial charge in [-0.3, -0.25) is 19.6 Å². The second-order valence-corrected chi connectivity index (χ2v) is 5.21. The van der Waals surface area contributed by atoms with Crippen molar-refractivity contribution in [2.45, 2.75) is 32.4 Å². The molecule has 1 atom stereocenters. The van der Waals surface area contributed by atoms with Crippen molar-refractivity contribution in [2.24, 2.45) is 0 Å². The Bertz CT molecular complexity index is 570. The molecule has 1 aromatic carbocycles. The lowest BCUT2D eigenvalue weighted by Gasteiger charge is -2.16. The van der Waals surface area contributed by atoms with Crippen molar-refractivity contribution in [1.29, 1.82) is 0 Å². The van der Waals surface area contributed by atoms with E-state index in [2.05, 4.69) is 10.6 Å². The second kappa shape index (κ2) is 9.37. The maximum absolute atomic E-state index is 11.9. The highest BCUT2D eigenvalue weighted by Gasteiger charge is 2.23. The number of carbonyl (C=O) groups excluding carboxylic acids is 3. The molecule has 0 aromatic heterocycles. The predicted octanol–water partition coefficient (Wildman–Crippen LogP) is 0.605. The highest BCUT2D eigenvalue weighted by atomic mass is 16.5. The Kier molecular flexibility index (Phi) is 7.49. The van der Waals surface area contributed by atoms with Gasteiger partial charge in [0.05, 0.1) is 6.42 Å². The van der Waals surface area contributed by atoms with Crippen molar-refractivity contribution in [1.82, 2.24) is 16.1 Å². The topological polar surface area (TPSA) is 108 Å². The van der Waals surface area contributed by atoms with E-state index in [0.29, 0.717) is 0 Å². The fourth-order valence-electron chi connectivity index (χ4n) is 1.81. The molecule has 0 unspecified atom stereocenters. The number of amides is 3. The number of benzene rings is 1. The Morgan fingerprint density at radius 3 is 2.35 bits per heavy atom. The standard InChI is InChI=1S/C16H21N3O4/c1-11(2)17-15(21)10-13(16(22)19-23)18-14(20)9-8-12-6-4-3-5-7-12/h3-9,11,13,23H,10H2,1-2H3,(H,17,21)(H,18,20)(H,19,22)/b9-8+/t13-/m1/s1. The third kappa shape index (κ3) is 7.23. The van der Waals surface area contributed by atoms with Crippen LogP contribution in [0.1, 0.15) is 25.8 Å². The monoisotopic (exact) mass is 319 g/mol. The molecule has 1 rings (SSSR count). The highest BCUT2D eigenvalue weighted by Crippen LogP contribution is 2.01. The van der Waals surface area contributed by atoms with Gasteiger partial charge in [-0.1, -0.05) is 30.3 Å². The zero-order chi connectivity index (χ0) is 17.2. The van der Waals surface area contributed by atoms with E-state index in [4.69, 9.17) is 5.21 Å². The lowest BCUT2D eigenvalue weighted by atomic mass is 10.1. The maximum atomic E-state index is 11.9. The molecule has 7 heteroatoms. The summed E-state index contributed by atoms with van der Waals surface area (Å²) in [5.41, 5.74) is 2.27. The minimum Gasteiger partial charge on any atom is -0.354 e. The summed E-state index contributed by atoms with van der Waals surface area (Å²) in [7, 11) is 0. The van der Waals surface area contributed by atoms with Crippen molar-refractivity contribution >= 4 is 23.8 Å². The van der Waals surface area contributed by atoms with Crippen molar-refractivity contribution in [3.05, 3.63) is 42.0 Å². The molecule has 0 radical (unpaired) electrons. The molecule has 0 aliphatic rings. The van der Waals surface area contributed by atoms with Crippen molar-refractivity contribution in [3.63, 3.8) is 0 Å². The molecule has 0 aliphatic carbocycles. The van der Waals surface area contributed by atoms with Crippen LogP contribution >= 0.6 is 0 Å². The Morgan fingerprint density at radius 2 is 1.78 bits per heavy atom. The minimum atomic E-state index is -1.16. The van der Waals surface area contributed by atoms with E-state index < -0.39 is 23.8 Å². The number of carbonyl (C=O) groups is 3. The quantitative estimate of drug-likeness (QED) is 0.335. The Morgan fingerprint density at radius 1 is 1.13 bits per heavy atom. The lowest BCUT2D eigenvalue weighted by molar-refractivity contribution is -0.136. The normalized spacial score (nSPS) is 12.0. The fraction of sp³-hybridized carbons (Fsp3) is 0.312. The van der Waals surface area contributed by atoms with Crippen molar-refractivity contribution in [2.75, 3.05) is 0 Å². The van der Waals surface area contributed by atoms with Gasteiger partial charge in [-0.2, -0.15) is 0 Å². The van der Waals surface area contributed by atoms with Crippen LogP contribution in [0.2, 0.25) is 0 Å². The van der Waals surface area contributed by atoms with Crippen LogP contribution in [0.15, 0.2) is 36.4 Å². The molecule has 0 fully saturated rings. The highest BCUT2D eigenvalue weighted by molar-refractivity contribution is 5.97.